The Kier molecular flexibility index (Phi) is 2.17. The van der Waals surface area contributed by atoms with Crippen molar-refractivity contribution in [2.75, 3.05) is 0 Å². The molecule has 0 spiro atoms. The van der Waals surface area contributed by atoms with E-state index < -0.39 is 0 Å². The van der Waals surface area contributed by atoms with Gasteiger partial charge in [-0.15, -0.1) is 0 Å². The van der Waals surface area contributed by atoms with E-state index in [-0.39, 0.29) is 5.92 Å². The van der Waals surface area contributed by atoms with Crippen LogP contribution < -0.4 is 0 Å². The number of carbonyl (C=O) groups is 1. The van der Waals surface area contributed by atoms with Crippen LogP contribution in [-0.2, 0) is 4.79 Å². The summed E-state index contributed by atoms with van der Waals surface area (Å²) < 4.78 is 0. The van der Waals surface area contributed by atoms with E-state index in [4.69, 9.17) is 0 Å². The van der Waals surface area contributed by atoms with Crippen LogP contribution in [-0.4, -0.2) is 5.78 Å². The molecule has 1 aromatic carbocycles. The first-order valence-electron chi connectivity index (χ1n) is 4.86. The third kappa shape index (κ3) is 1.51. The zero-order valence-corrected chi connectivity index (χ0v) is 7.86. The van der Waals surface area contributed by atoms with E-state index in [1.165, 1.54) is 5.56 Å². The summed E-state index contributed by atoms with van der Waals surface area (Å²) in [5.41, 5.74) is 1.19. The Morgan fingerprint density at radius 2 is 1.92 bits per heavy atom. The summed E-state index contributed by atoms with van der Waals surface area (Å²) >= 11 is 0. The molecule has 0 aromatic heterocycles. The van der Waals surface area contributed by atoms with Gasteiger partial charge < -0.3 is 0 Å². The van der Waals surface area contributed by atoms with Crippen LogP contribution in [0.25, 0.3) is 0 Å². The summed E-state index contributed by atoms with van der Waals surface area (Å²) in [7, 11) is 0. The number of carbonyl (C=O) groups excluding carboxylic acids is 1. The average molecular weight is 174 g/mol. The molecular formula is C12H14O. The monoisotopic (exact) mass is 174 g/mol. The molecule has 1 aliphatic carbocycles. The highest BCUT2D eigenvalue weighted by Crippen LogP contribution is 2.36. The van der Waals surface area contributed by atoms with Gasteiger partial charge in [0, 0.05) is 12.3 Å². The van der Waals surface area contributed by atoms with Crippen molar-refractivity contribution < 1.29 is 4.79 Å². The number of benzene rings is 1. The summed E-state index contributed by atoms with van der Waals surface area (Å²) in [6.07, 6.45) is 1.82. The lowest BCUT2D eigenvalue weighted by molar-refractivity contribution is -0.118. The smallest absolute Gasteiger partial charge is 0.140 e. The SMILES string of the molecule is C[C@H]1CCC(=O)[C@@H]1c1ccccc1. The first-order valence-corrected chi connectivity index (χ1v) is 4.86. The Morgan fingerprint density at radius 1 is 1.23 bits per heavy atom. The van der Waals surface area contributed by atoms with Gasteiger partial charge in [0.2, 0.25) is 0 Å². The quantitative estimate of drug-likeness (QED) is 0.639. The van der Waals surface area contributed by atoms with Gasteiger partial charge in [0.25, 0.3) is 0 Å². The van der Waals surface area contributed by atoms with Gasteiger partial charge in [0.1, 0.15) is 5.78 Å². The van der Waals surface area contributed by atoms with Crippen molar-refractivity contribution in [1.82, 2.24) is 0 Å². The van der Waals surface area contributed by atoms with Crippen LogP contribution in [0.5, 0.6) is 0 Å². The molecule has 2 atom stereocenters. The molecule has 0 N–H and O–H groups in total. The van der Waals surface area contributed by atoms with Crippen molar-refractivity contribution in [2.45, 2.75) is 25.7 Å². The van der Waals surface area contributed by atoms with Crippen LogP contribution in [0.1, 0.15) is 31.2 Å². The van der Waals surface area contributed by atoms with Crippen molar-refractivity contribution in [2.24, 2.45) is 5.92 Å². The zero-order chi connectivity index (χ0) is 9.26. The summed E-state index contributed by atoms with van der Waals surface area (Å²) in [6, 6.07) is 10.1. The van der Waals surface area contributed by atoms with Gasteiger partial charge in [0.05, 0.1) is 0 Å². The van der Waals surface area contributed by atoms with Crippen LogP contribution in [0, 0.1) is 5.92 Å². The van der Waals surface area contributed by atoms with Gasteiger partial charge in [-0.3, -0.25) is 4.79 Å². The lowest BCUT2D eigenvalue weighted by atomic mass is 9.90. The second-order valence-electron chi connectivity index (χ2n) is 3.87. The number of rotatable bonds is 1. The number of Topliss-reactive ketones (excluding diaryl/α,β-unsaturated/α-hetero) is 1. The molecule has 0 bridgehead atoms. The lowest BCUT2D eigenvalue weighted by Gasteiger charge is -2.13. The Morgan fingerprint density at radius 3 is 2.46 bits per heavy atom. The minimum atomic E-state index is 0.168. The van der Waals surface area contributed by atoms with Gasteiger partial charge in [0.15, 0.2) is 0 Å². The first kappa shape index (κ1) is 8.49. The molecule has 0 aliphatic heterocycles. The van der Waals surface area contributed by atoms with Crippen molar-refractivity contribution in [3.8, 4) is 0 Å². The molecule has 1 heteroatoms. The predicted octanol–water partition coefficient (Wildman–Crippen LogP) is 2.77. The van der Waals surface area contributed by atoms with E-state index in [0.717, 1.165) is 12.8 Å². The summed E-state index contributed by atoms with van der Waals surface area (Å²) in [6.45, 7) is 2.17. The average Bonchev–Trinajstić information content (AvgIpc) is 2.48. The van der Waals surface area contributed by atoms with Crippen LogP contribution in [0.2, 0.25) is 0 Å². The zero-order valence-electron chi connectivity index (χ0n) is 7.86. The van der Waals surface area contributed by atoms with E-state index in [1.54, 1.807) is 0 Å². The highest BCUT2D eigenvalue weighted by Gasteiger charge is 2.32. The molecule has 1 aliphatic rings. The van der Waals surface area contributed by atoms with Crippen LogP contribution in [0.4, 0.5) is 0 Å². The van der Waals surface area contributed by atoms with E-state index in [0.29, 0.717) is 11.7 Å². The standard InChI is InChI=1S/C12H14O/c1-9-7-8-11(13)12(9)10-5-3-2-4-6-10/h2-6,9,12H,7-8H2,1H3/t9-,12-/m0/s1. The van der Waals surface area contributed by atoms with Gasteiger partial charge in [-0.05, 0) is 17.9 Å². The molecule has 1 nitrogen and oxygen atoms in total. The van der Waals surface area contributed by atoms with Crippen LogP contribution in [0.15, 0.2) is 30.3 Å². The molecule has 0 radical (unpaired) electrons. The molecule has 0 saturated heterocycles. The fourth-order valence-corrected chi connectivity index (χ4v) is 2.18. The van der Waals surface area contributed by atoms with E-state index in [2.05, 4.69) is 19.1 Å². The molecule has 1 saturated carbocycles. The molecule has 68 valence electrons. The second kappa shape index (κ2) is 3.33. The van der Waals surface area contributed by atoms with Gasteiger partial charge in [-0.1, -0.05) is 37.3 Å². The van der Waals surface area contributed by atoms with Gasteiger partial charge >= 0.3 is 0 Å². The maximum Gasteiger partial charge on any atom is 0.140 e. The first-order chi connectivity index (χ1) is 6.29. The van der Waals surface area contributed by atoms with Crippen LogP contribution >= 0.6 is 0 Å². The second-order valence-corrected chi connectivity index (χ2v) is 3.87. The minimum Gasteiger partial charge on any atom is -0.299 e. The molecule has 0 unspecified atom stereocenters. The maximum absolute atomic E-state index is 11.6. The molecule has 0 heterocycles. The predicted molar refractivity (Wildman–Crippen MR) is 52.6 cm³/mol. The Bertz CT molecular complexity index is 302. The maximum atomic E-state index is 11.6. The van der Waals surface area contributed by atoms with Gasteiger partial charge in [-0.25, -0.2) is 0 Å². The highest BCUT2D eigenvalue weighted by atomic mass is 16.1. The number of hydrogen-bond acceptors (Lipinski definition) is 1. The van der Waals surface area contributed by atoms with Crippen molar-refractivity contribution in [1.29, 1.82) is 0 Å². The van der Waals surface area contributed by atoms with Crippen molar-refractivity contribution in [3.05, 3.63) is 35.9 Å². The number of ketones is 1. The molecule has 2 rings (SSSR count). The fourth-order valence-electron chi connectivity index (χ4n) is 2.18. The summed E-state index contributed by atoms with van der Waals surface area (Å²) in [4.78, 5) is 11.6. The van der Waals surface area contributed by atoms with Crippen LogP contribution in [0.3, 0.4) is 0 Å². The Balaban J connectivity index is 2.30. The summed E-state index contributed by atoms with van der Waals surface area (Å²) in [5, 5.41) is 0. The number of hydrogen-bond donors (Lipinski definition) is 0. The van der Waals surface area contributed by atoms with E-state index in [1.807, 2.05) is 18.2 Å². The third-order valence-electron chi connectivity index (χ3n) is 2.92. The normalized spacial score (nSPS) is 27.9. The molecule has 1 fully saturated rings. The minimum absolute atomic E-state index is 0.168. The largest absolute Gasteiger partial charge is 0.299 e. The van der Waals surface area contributed by atoms with Crippen molar-refractivity contribution >= 4 is 5.78 Å². The Labute approximate surface area is 78.8 Å². The highest BCUT2D eigenvalue weighted by molar-refractivity contribution is 5.88. The van der Waals surface area contributed by atoms with Crippen molar-refractivity contribution in [3.63, 3.8) is 0 Å². The van der Waals surface area contributed by atoms with Gasteiger partial charge in [-0.2, -0.15) is 0 Å². The molecule has 0 amide bonds. The van der Waals surface area contributed by atoms with E-state index in [9.17, 15) is 4.79 Å². The molecule has 13 heavy (non-hydrogen) atoms. The Hall–Kier alpha value is -1.11. The topological polar surface area (TPSA) is 17.1 Å². The fraction of sp³-hybridized carbons (Fsp3) is 0.417. The van der Waals surface area contributed by atoms with E-state index >= 15 is 0 Å². The molecular weight excluding hydrogens is 160 g/mol. The third-order valence-corrected chi connectivity index (χ3v) is 2.92. The molecule has 1 aromatic rings. The lowest BCUT2D eigenvalue weighted by Crippen LogP contribution is -2.09. The summed E-state index contributed by atoms with van der Waals surface area (Å²) in [5.74, 6) is 1.11.